The number of hydrogen-bond acceptors (Lipinski definition) is 3. The predicted octanol–water partition coefficient (Wildman–Crippen LogP) is 4.46. The molecule has 4 nitrogen and oxygen atoms in total. The average Bonchev–Trinajstić information content (AvgIpc) is 2.79. The maximum Gasteiger partial charge on any atom is 0.162 e. The van der Waals surface area contributed by atoms with E-state index in [9.17, 15) is 4.79 Å². The van der Waals surface area contributed by atoms with Crippen LogP contribution in [-0.2, 0) is 11.2 Å². The first-order chi connectivity index (χ1) is 9.90. The Bertz CT molecular complexity index is 489. The fourth-order valence-electron chi connectivity index (χ4n) is 2.36. The van der Waals surface area contributed by atoms with Crippen LogP contribution in [0.1, 0.15) is 80.0 Å². The lowest BCUT2D eigenvalue weighted by Gasteiger charge is -2.25. The van der Waals surface area contributed by atoms with E-state index in [0.717, 1.165) is 25.0 Å². The molecule has 4 heteroatoms. The molecule has 1 rings (SSSR count). The molecule has 0 bridgehead atoms. The van der Waals surface area contributed by atoms with Crippen molar-refractivity contribution >= 4 is 5.78 Å². The van der Waals surface area contributed by atoms with Gasteiger partial charge in [0, 0.05) is 11.6 Å². The van der Waals surface area contributed by atoms with E-state index in [1.54, 1.807) is 4.68 Å². The Kier molecular flexibility index (Phi) is 5.94. The first-order valence-electron chi connectivity index (χ1n) is 8.35. The molecule has 0 N–H and O–H groups in total. The van der Waals surface area contributed by atoms with Crippen molar-refractivity contribution in [3.05, 3.63) is 11.9 Å². The van der Waals surface area contributed by atoms with Crippen LogP contribution in [0.2, 0.25) is 0 Å². The Morgan fingerprint density at radius 1 is 1.18 bits per heavy atom. The molecule has 126 valence electrons. The molecule has 0 aliphatic heterocycles. The number of carbonyl (C=O) groups excluding carboxylic acids is 1. The number of rotatable bonds is 6. The van der Waals surface area contributed by atoms with Crippen LogP contribution in [0.5, 0.6) is 0 Å². The Labute approximate surface area is 135 Å². The molecule has 22 heavy (non-hydrogen) atoms. The number of aromatic nitrogens is 3. The van der Waals surface area contributed by atoms with Gasteiger partial charge in [0.05, 0.1) is 5.69 Å². The lowest BCUT2D eigenvalue weighted by atomic mass is 9.83. The molecule has 0 saturated heterocycles. The fourth-order valence-corrected chi connectivity index (χ4v) is 2.36. The van der Waals surface area contributed by atoms with Gasteiger partial charge in [-0.2, -0.15) is 0 Å². The largest absolute Gasteiger partial charge is 0.297 e. The summed E-state index contributed by atoms with van der Waals surface area (Å²) in [5.41, 5.74) is 0.893. The quantitative estimate of drug-likeness (QED) is 0.779. The molecule has 0 aliphatic carbocycles. The molecule has 1 atom stereocenters. The van der Waals surface area contributed by atoms with Crippen LogP contribution >= 0.6 is 0 Å². The van der Waals surface area contributed by atoms with E-state index in [1.165, 1.54) is 0 Å². The predicted molar refractivity (Wildman–Crippen MR) is 90.8 cm³/mol. The maximum absolute atomic E-state index is 12.7. The molecule has 0 amide bonds. The number of hydrogen-bond donors (Lipinski definition) is 0. The van der Waals surface area contributed by atoms with Gasteiger partial charge in [-0.15, -0.1) is 5.10 Å². The van der Waals surface area contributed by atoms with Crippen LogP contribution < -0.4 is 0 Å². The van der Waals surface area contributed by atoms with E-state index < -0.39 is 0 Å². The first-order valence-corrected chi connectivity index (χ1v) is 8.35. The minimum atomic E-state index is -0.364. The number of carbonyl (C=O) groups is 1. The number of aryl methyl sites for hydroxylation is 1. The van der Waals surface area contributed by atoms with E-state index in [1.807, 2.05) is 27.0 Å². The van der Waals surface area contributed by atoms with Crippen molar-refractivity contribution in [1.82, 2.24) is 15.0 Å². The summed E-state index contributed by atoms with van der Waals surface area (Å²) < 4.78 is 1.78. The normalized spacial score (nSPS) is 14.4. The monoisotopic (exact) mass is 307 g/mol. The zero-order valence-electron chi connectivity index (χ0n) is 15.6. The van der Waals surface area contributed by atoms with Crippen molar-refractivity contribution in [2.24, 2.45) is 16.7 Å². The summed E-state index contributed by atoms with van der Waals surface area (Å²) in [7, 11) is 0. The van der Waals surface area contributed by atoms with Crippen molar-refractivity contribution in [2.75, 3.05) is 0 Å². The molecule has 0 aliphatic rings. The van der Waals surface area contributed by atoms with E-state index in [-0.39, 0.29) is 22.7 Å². The van der Waals surface area contributed by atoms with Crippen molar-refractivity contribution in [1.29, 1.82) is 0 Å². The summed E-state index contributed by atoms with van der Waals surface area (Å²) in [5, 5.41) is 8.52. The summed E-state index contributed by atoms with van der Waals surface area (Å²) in [4.78, 5) is 12.7. The minimum absolute atomic E-state index is 0.212. The molecule has 0 spiro atoms. The summed E-state index contributed by atoms with van der Waals surface area (Å²) in [6.07, 6.45) is 4.73. The van der Waals surface area contributed by atoms with Gasteiger partial charge in [-0.3, -0.25) is 4.79 Å². The average molecular weight is 307 g/mol. The van der Waals surface area contributed by atoms with E-state index in [2.05, 4.69) is 44.9 Å². The molecule has 0 unspecified atom stereocenters. The summed E-state index contributed by atoms with van der Waals surface area (Å²) in [6.45, 7) is 16.9. The van der Waals surface area contributed by atoms with Crippen molar-refractivity contribution in [3.8, 4) is 0 Å². The number of Topliss-reactive ketones (excluding diaryl/α,β-unsaturated/α-hetero) is 1. The van der Waals surface area contributed by atoms with E-state index >= 15 is 0 Å². The SMILES string of the molecule is CC(C)C[C@@H](C(=O)C(C)(C)C)n1cc(CCC(C)(C)C)nn1. The first kappa shape index (κ1) is 18.9. The van der Waals surface area contributed by atoms with Gasteiger partial charge in [-0.25, -0.2) is 4.68 Å². The molecule has 1 aromatic heterocycles. The van der Waals surface area contributed by atoms with Crippen molar-refractivity contribution in [3.63, 3.8) is 0 Å². The standard InChI is InChI=1S/C18H33N3O/c1-13(2)11-15(16(22)18(6,7)8)21-12-14(19-20-21)9-10-17(3,4)5/h12-13,15H,9-11H2,1-8H3/t15-/m0/s1. The van der Waals surface area contributed by atoms with Crippen LogP contribution in [0.3, 0.4) is 0 Å². The maximum atomic E-state index is 12.7. The van der Waals surface area contributed by atoms with Gasteiger partial charge in [0.25, 0.3) is 0 Å². The molecule has 0 aromatic carbocycles. The van der Waals surface area contributed by atoms with Gasteiger partial charge in [0.1, 0.15) is 6.04 Å². The molecule has 0 saturated carbocycles. The van der Waals surface area contributed by atoms with Crippen LogP contribution in [0, 0.1) is 16.7 Å². The Hall–Kier alpha value is -1.19. The van der Waals surface area contributed by atoms with Crippen LogP contribution in [-0.4, -0.2) is 20.8 Å². The third-order valence-corrected chi connectivity index (χ3v) is 3.74. The van der Waals surface area contributed by atoms with Crippen molar-refractivity contribution in [2.45, 2.75) is 80.7 Å². The van der Waals surface area contributed by atoms with E-state index in [0.29, 0.717) is 5.92 Å². The van der Waals surface area contributed by atoms with Gasteiger partial charge in [-0.05, 0) is 30.6 Å². The highest BCUT2D eigenvalue weighted by molar-refractivity contribution is 5.87. The Balaban J connectivity index is 2.92. The van der Waals surface area contributed by atoms with E-state index in [4.69, 9.17) is 0 Å². The molecule has 1 heterocycles. The lowest BCUT2D eigenvalue weighted by molar-refractivity contribution is -0.130. The highest BCUT2D eigenvalue weighted by Crippen LogP contribution is 2.28. The zero-order valence-corrected chi connectivity index (χ0v) is 15.6. The van der Waals surface area contributed by atoms with Crippen LogP contribution in [0.15, 0.2) is 6.20 Å². The van der Waals surface area contributed by atoms with Gasteiger partial charge < -0.3 is 0 Å². The molecular weight excluding hydrogens is 274 g/mol. The minimum Gasteiger partial charge on any atom is -0.297 e. The van der Waals surface area contributed by atoms with Gasteiger partial charge >= 0.3 is 0 Å². The van der Waals surface area contributed by atoms with Gasteiger partial charge in [0.2, 0.25) is 0 Å². The highest BCUT2D eigenvalue weighted by atomic mass is 16.1. The molecular formula is C18H33N3O. The third-order valence-electron chi connectivity index (χ3n) is 3.74. The Morgan fingerprint density at radius 3 is 2.23 bits per heavy atom. The number of nitrogens with zero attached hydrogens (tertiary/aromatic N) is 3. The van der Waals surface area contributed by atoms with Gasteiger partial charge in [-0.1, -0.05) is 60.6 Å². The smallest absolute Gasteiger partial charge is 0.162 e. The number of ketones is 1. The molecule has 0 fully saturated rings. The summed E-state index contributed by atoms with van der Waals surface area (Å²) >= 11 is 0. The summed E-state index contributed by atoms with van der Waals surface area (Å²) in [5.74, 6) is 0.673. The zero-order chi connectivity index (χ0) is 17.1. The van der Waals surface area contributed by atoms with Crippen molar-refractivity contribution < 1.29 is 4.79 Å². The molecule has 0 radical (unpaired) electrons. The lowest BCUT2D eigenvalue weighted by Crippen LogP contribution is -2.32. The van der Waals surface area contributed by atoms with Crippen LogP contribution in [0.4, 0.5) is 0 Å². The second-order valence-electron chi connectivity index (χ2n) is 9.01. The fraction of sp³-hybridized carbons (Fsp3) is 0.833. The topological polar surface area (TPSA) is 47.8 Å². The van der Waals surface area contributed by atoms with Crippen LogP contribution in [0.25, 0.3) is 0 Å². The van der Waals surface area contributed by atoms with Gasteiger partial charge in [0.15, 0.2) is 5.78 Å². The molecule has 1 aromatic rings. The second-order valence-corrected chi connectivity index (χ2v) is 9.01. The third kappa shape index (κ3) is 5.90. The summed E-state index contributed by atoms with van der Waals surface area (Å²) in [6, 6.07) is -0.212. The second kappa shape index (κ2) is 6.93. The Morgan fingerprint density at radius 2 is 1.77 bits per heavy atom. The highest BCUT2D eigenvalue weighted by Gasteiger charge is 2.32.